The van der Waals surface area contributed by atoms with Crippen molar-refractivity contribution >= 4 is 29.7 Å². The first kappa shape index (κ1) is 26.6. The van der Waals surface area contributed by atoms with E-state index in [1.807, 2.05) is 0 Å². The molecule has 1 heterocycles. The summed E-state index contributed by atoms with van der Waals surface area (Å²) in [5.41, 5.74) is 6.45. The third kappa shape index (κ3) is 9.12. The Hall–Kier alpha value is -3.48. The molecule has 0 aromatic carbocycles. The highest BCUT2D eigenvalue weighted by atomic mass is 16.4. The van der Waals surface area contributed by atoms with Crippen LogP contribution in [0.1, 0.15) is 38.8 Å². The number of carbonyl (C=O) groups excluding carboxylic acids is 3. The van der Waals surface area contributed by atoms with Gasteiger partial charge in [-0.25, -0.2) is 9.78 Å². The minimum Gasteiger partial charge on any atom is -0.481 e. The fourth-order valence-corrected chi connectivity index (χ4v) is 2.74. The van der Waals surface area contributed by atoms with Gasteiger partial charge in [0.15, 0.2) is 0 Å². The van der Waals surface area contributed by atoms with Gasteiger partial charge in [-0.15, -0.1) is 0 Å². The normalized spacial score (nSPS) is 14.5. The lowest BCUT2D eigenvalue weighted by molar-refractivity contribution is -0.143. The maximum atomic E-state index is 12.6. The number of amides is 3. The summed E-state index contributed by atoms with van der Waals surface area (Å²) in [7, 11) is 0. The van der Waals surface area contributed by atoms with Gasteiger partial charge in [-0.2, -0.15) is 0 Å². The Morgan fingerprint density at radius 1 is 1.16 bits per heavy atom. The molecule has 0 aliphatic rings. The highest BCUT2D eigenvalue weighted by molar-refractivity contribution is 5.92. The van der Waals surface area contributed by atoms with Crippen LogP contribution in [0.2, 0.25) is 0 Å². The van der Waals surface area contributed by atoms with Gasteiger partial charge in [0.25, 0.3) is 0 Å². The number of hydrogen-bond acceptors (Lipinski definition) is 7. The molecule has 0 radical (unpaired) electrons. The molecule has 13 heteroatoms. The fraction of sp³-hybridized carbons (Fsp3) is 0.579. The first-order valence-electron chi connectivity index (χ1n) is 10.1. The van der Waals surface area contributed by atoms with E-state index in [2.05, 4.69) is 25.9 Å². The largest absolute Gasteiger partial charge is 0.481 e. The van der Waals surface area contributed by atoms with Crippen LogP contribution in [-0.2, 0) is 30.4 Å². The number of imidazole rings is 1. The number of nitrogens with one attached hydrogen (secondary N) is 4. The van der Waals surface area contributed by atoms with Crippen molar-refractivity contribution in [2.75, 3.05) is 6.54 Å². The second-order valence-corrected chi connectivity index (χ2v) is 7.37. The van der Waals surface area contributed by atoms with E-state index in [1.54, 1.807) is 13.8 Å². The van der Waals surface area contributed by atoms with Crippen molar-refractivity contribution in [1.82, 2.24) is 25.9 Å². The first-order chi connectivity index (χ1) is 15.0. The Balaban J connectivity index is 2.65. The number of carboxylic acids is 2. The summed E-state index contributed by atoms with van der Waals surface area (Å²) in [6.07, 6.45) is 2.91. The number of aromatic nitrogens is 2. The van der Waals surface area contributed by atoms with Crippen LogP contribution < -0.4 is 21.7 Å². The summed E-state index contributed by atoms with van der Waals surface area (Å²) in [4.78, 5) is 65.7. The van der Waals surface area contributed by atoms with E-state index < -0.39 is 60.8 Å². The molecule has 8 N–H and O–H groups in total. The van der Waals surface area contributed by atoms with Crippen LogP contribution in [0.15, 0.2) is 12.5 Å². The van der Waals surface area contributed by atoms with Gasteiger partial charge in [-0.05, 0) is 12.3 Å². The van der Waals surface area contributed by atoms with Crippen molar-refractivity contribution < 1.29 is 34.2 Å². The van der Waals surface area contributed by atoms with E-state index in [-0.39, 0.29) is 18.8 Å². The number of hydrogen-bond donors (Lipinski definition) is 7. The summed E-state index contributed by atoms with van der Waals surface area (Å²) in [6, 6.07) is -3.40. The van der Waals surface area contributed by atoms with Gasteiger partial charge in [0.1, 0.15) is 12.1 Å². The maximum Gasteiger partial charge on any atom is 0.326 e. The Labute approximate surface area is 184 Å². The molecular formula is C19H30N6O7. The fourth-order valence-electron chi connectivity index (χ4n) is 2.74. The molecular weight excluding hydrogens is 424 g/mol. The number of aliphatic carboxylic acids is 2. The molecule has 1 rings (SSSR count). The Morgan fingerprint density at radius 3 is 2.38 bits per heavy atom. The lowest BCUT2D eigenvalue weighted by Gasteiger charge is -2.25. The van der Waals surface area contributed by atoms with Crippen molar-refractivity contribution in [1.29, 1.82) is 0 Å². The van der Waals surface area contributed by atoms with Crippen LogP contribution in [0.4, 0.5) is 0 Å². The second-order valence-electron chi connectivity index (χ2n) is 7.37. The van der Waals surface area contributed by atoms with Gasteiger partial charge in [0, 0.05) is 24.7 Å². The van der Waals surface area contributed by atoms with Crippen LogP contribution in [0.3, 0.4) is 0 Å². The Kier molecular flexibility index (Phi) is 10.8. The smallest absolute Gasteiger partial charge is 0.326 e. The molecule has 0 aliphatic carbocycles. The molecule has 0 bridgehead atoms. The molecule has 1 aromatic rings. The lowest BCUT2D eigenvalue weighted by Crippen LogP contribution is -2.56. The van der Waals surface area contributed by atoms with E-state index in [9.17, 15) is 29.1 Å². The van der Waals surface area contributed by atoms with E-state index in [4.69, 9.17) is 10.8 Å². The predicted octanol–water partition coefficient (Wildman–Crippen LogP) is -1.64. The third-order valence-electron chi connectivity index (χ3n) is 4.83. The zero-order valence-corrected chi connectivity index (χ0v) is 18.0. The SMILES string of the molecule is CCC(C)C(NC(=O)CNC(=O)C(N)Cc1cnc[nH]1)C(=O)NC(CCC(=O)O)C(=O)O. The zero-order valence-electron chi connectivity index (χ0n) is 18.0. The van der Waals surface area contributed by atoms with Crippen LogP contribution in [0.5, 0.6) is 0 Å². The average molecular weight is 454 g/mol. The Morgan fingerprint density at radius 2 is 1.84 bits per heavy atom. The molecule has 1 aromatic heterocycles. The van der Waals surface area contributed by atoms with Crippen molar-refractivity contribution in [2.45, 2.75) is 57.7 Å². The van der Waals surface area contributed by atoms with Crippen molar-refractivity contribution in [2.24, 2.45) is 11.7 Å². The number of aromatic amines is 1. The molecule has 0 aliphatic heterocycles. The molecule has 4 unspecified atom stereocenters. The van der Waals surface area contributed by atoms with Crippen molar-refractivity contribution in [3.05, 3.63) is 18.2 Å². The topological polar surface area (TPSA) is 217 Å². The highest BCUT2D eigenvalue weighted by Crippen LogP contribution is 2.09. The predicted molar refractivity (Wildman–Crippen MR) is 111 cm³/mol. The van der Waals surface area contributed by atoms with Crippen LogP contribution >= 0.6 is 0 Å². The van der Waals surface area contributed by atoms with Crippen LogP contribution in [0.25, 0.3) is 0 Å². The molecule has 178 valence electrons. The van der Waals surface area contributed by atoms with Gasteiger partial charge >= 0.3 is 11.9 Å². The van der Waals surface area contributed by atoms with E-state index in [1.165, 1.54) is 12.5 Å². The minimum absolute atomic E-state index is 0.193. The summed E-state index contributed by atoms with van der Waals surface area (Å²) in [5, 5.41) is 25.1. The molecule has 0 saturated heterocycles. The maximum absolute atomic E-state index is 12.6. The monoisotopic (exact) mass is 454 g/mol. The first-order valence-corrected chi connectivity index (χ1v) is 10.1. The highest BCUT2D eigenvalue weighted by Gasteiger charge is 2.30. The molecule has 32 heavy (non-hydrogen) atoms. The average Bonchev–Trinajstić information content (AvgIpc) is 3.24. The van der Waals surface area contributed by atoms with Gasteiger partial charge in [-0.3, -0.25) is 19.2 Å². The lowest BCUT2D eigenvalue weighted by atomic mass is 9.97. The molecule has 0 saturated carbocycles. The second kappa shape index (κ2) is 13.0. The zero-order chi connectivity index (χ0) is 24.3. The molecule has 3 amide bonds. The van der Waals surface area contributed by atoms with Gasteiger partial charge < -0.3 is 36.9 Å². The third-order valence-corrected chi connectivity index (χ3v) is 4.83. The number of nitrogens with two attached hydrogens (primary N) is 1. The number of carboxylic acid groups (broad SMARTS) is 2. The molecule has 13 nitrogen and oxygen atoms in total. The summed E-state index contributed by atoms with van der Waals surface area (Å²) >= 11 is 0. The minimum atomic E-state index is -1.41. The summed E-state index contributed by atoms with van der Waals surface area (Å²) in [5.74, 6) is -4.92. The van der Waals surface area contributed by atoms with Gasteiger partial charge in [0.05, 0.1) is 18.9 Å². The van der Waals surface area contributed by atoms with Crippen LogP contribution in [-0.4, -0.2) is 74.5 Å². The quantitative estimate of drug-likeness (QED) is 0.171. The van der Waals surface area contributed by atoms with E-state index >= 15 is 0 Å². The van der Waals surface area contributed by atoms with Gasteiger partial charge in [0.2, 0.25) is 17.7 Å². The van der Waals surface area contributed by atoms with E-state index in [0.29, 0.717) is 12.1 Å². The van der Waals surface area contributed by atoms with Gasteiger partial charge in [-0.1, -0.05) is 20.3 Å². The molecule has 0 fully saturated rings. The number of H-pyrrole nitrogens is 1. The summed E-state index contributed by atoms with van der Waals surface area (Å²) < 4.78 is 0. The number of carbonyl (C=O) groups is 5. The van der Waals surface area contributed by atoms with Crippen LogP contribution in [0, 0.1) is 5.92 Å². The number of nitrogens with zero attached hydrogens (tertiary/aromatic N) is 1. The van der Waals surface area contributed by atoms with E-state index in [0.717, 1.165) is 0 Å². The Bertz CT molecular complexity index is 798. The molecule has 4 atom stereocenters. The number of rotatable bonds is 14. The summed E-state index contributed by atoms with van der Waals surface area (Å²) in [6.45, 7) is 3.04. The van der Waals surface area contributed by atoms with Crippen molar-refractivity contribution in [3.8, 4) is 0 Å². The standard InChI is InChI=1S/C19H30N6O7/c1-3-10(2)16(18(30)24-13(19(31)32)4-5-15(27)28)25-14(26)8-22-17(29)12(20)6-11-7-21-9-23-11/h7,9-10,12-13,16H,3-6,8,20H2,1-2H3,(H,21,23)(H,22,29)(H,24,30)(H,25,26)(H,27,28)(H,31,32). The molecule has 0 spiro atoms. The van der Waals surface area contributed by atoms with Crippen molar-refractivity contribution in [3.63, 3.8) is 0 Å².